The molecule has 0 saturated carbocycles. The van der Waals surface area contributed by atoms with E-state index in [1.807, 2.05) is 12.2 Å². The molecule has 0 aromatic heterocycles. The van der Waals surface area contributed by atoms with Crippen molar-refractivity contribution in [2.75, 3.05) is 0 Å². The van der Waals surface area contributed by atoms with Crippen molar-refractivity contribution in [3.63, 3.8) is 0 Å². The van der Waals surface area contributed by atoms with Gasteiger partial charge in [-0.25, -0.2) is 0 Å². The van der Waals surface area contributed by atoms with Crippen molar-refractivity contribution in [3.8, 4) is 0 Å². The lowest BCUT2D eigenvalue weighted by molar-refractivity contribution is 0.898. The SMILES string of the molecule is C=CCCC(C)=CCCC(C)=CCCC=C(C)CCC=C(C)CCC=C. The Bertz CT molecular complexity index is 460. The zero-order chi connectivity index (χ0) is 19.6. The van der Waals surface area contributed by atoms with Gasteiger partial charge in [-0.15, -0.1) is 13.2 Å². The third-order valence-electron chi connectivity index (χ3n) is 4.70. The van der Waals surface area contributed by atoms with Crippen LogP contribution in [0.2, 0.25) is 0 Å². The fourth-order valence-electron chi connectivity index (χ4n) is 2.82. The summed E-state index contributed by atoms with van der Waals surface area (Å²) in [6, 6.07) is 0. The molecule has 0 radical (unpaired) electrons. The molecule has 26 heavy (non-hydrogen) atoms. The Kier molecular flexibility index (Phi) is 15.9. The van der Waals surface area contributed by atoms with Crippen molar-refractivity contribution in [1.82, 2.24) is 0 Å². The standard InChI is InChI=1S/C26H42/c1-7-9-15-23(3)19-13-21-25(5)17-11-12-18-26(6)22-14-20-24(4)16-10-8-2/h7-8,17-20H,1-2,9-16,21-22H2,3-6H3. The van der Waals surface area contributed by atoms with Crippen LogP contribution in [0.4, 0.5) is 0 Å². The maximum absolute atomic E-state index is 3.78. The summed E-state index contributed by atoms with van der Waals surface area (Å²) in [5, 5.41) is 0. The quantitative estimate of drug-likeness (QED) is 0.203. The summed E-state index contributed by atoms with van der Waals surface area (Å²) >= 11 is 0. The average molecular weight is 355 g/mol. The molecule has 0 heteroatoms. The van der Waals surface area contributed by atoms with Crippen LogP contribution in [0.3, 0.4) is 0 Å². The average Bonchev–Trinajstić information content (AvgIpc) is 2.61. The van der Waals surface area contributed by atoms with Crippen molar-refractivity contribution in [2.24, 2.45) is 0 Å². The van der Waals surface area contributed by atoms with Gasteiger partial charge in [-0.05, 0) is 91.9 Å². The Morgan fingerprint density at radius 2 is 0.731 bits per heavy atom. The first kappa shape index (κ1) is 24.4. The molecule has 0 N–H and O–H groups in total. The molecule has 0 bridgehead atoms. The van der Waals surface area contributed by atoms with Gasteiger partial charge in [-0.3, -0.25) is 0 Å². The van der Waals surface area contributed by atoms with Gasteiger partial charge in [0.2, 0.25) is 0 Å². The van der Waals surface area contributed by atoms with Crippen molar-refractivity contribution in [3.05, 3.63) is 71.9 Å². The molecule has 0 aliphatic carbocycles. The monoisotopic (exact) mass is 354 g/mol. The molecular formula is C26H42. The van der Waals surface area contributed by atoms with Gasteiger partial charge in [0, 0.05) is 0 Å². The number of hydrogen-bond donors (Lipinski definition) is 0. The first-order chi connectivity index (χ1) is 12.5. The van der Waals surface area contributed by atoms with Crippen molar-refractivity contribution in [2.45, 2.75) is 91.9 Å². The Morgan fingerprint density at radius 1 is 0.462 bits per heavy atom. The summed E-state index contributed by atoms with van der Waals surface area (Å²) in [7, 11) is 0. The smallest absolute Gasteiger partial charge is 0.0288 e. The number of hydrogen-bond acceptors (Lipinski definition) is 0. The zero-order valence-electron chi connectivity index (χ0n) is 17.9. The molecule has 0 spiro atoms. The molecule has 0 fully saturated rings. The number of rotatable bonds is 15. The van der Waals surface area contributed by atoms with Crippen molar-refractivity contribution >= 4 is 0 Å². The summed E-state index contributed by atoms with van der Waals surface area (Å²) in [4.78, 5) is 0. The Morgan fingerprint density at radius 3 is 1.04 bits per heavy atom. The van der Waals surface area contributed by atoms with Gasteiger partial charge in [0.1, 0.15) is 0 Å². The van der Waals surface area contributed by atoms with E-state index in [1.165, 1.54) is 35.1 Å². The number of unbranched alkanes of at least 4 members (excludes halogenated alkanes) is 1. The van der Waals surface area contributed by atoms with Crippen LogP contribution in [0.15, 0.2) is 71.9 Å². The molecule has 0 rings (SSSR count). The summed E-state index contributed by atoms with van der Waals surface area (Å²) in [6.07, 6.45) is 25.1. The molecule has 0 heterocycles. The van der Waals surface area contributed by atoms with Gasteiger partial charge < -0.3 is 0 Å². The minimum atomic E-state index is 1.09. The predicted molar refractivity (Wildman–Crippen MR) is 122 cm³/mol. The van der Waals surface area contributed by atoms with Crippen LogP contribution in [-0.4, -0.2) is 0 Å². The Hall–Kier alpha value is -1.56. The van der Waals surface area contributed by atoms with Gasteiger partial charge in [-0.1, -0.05) is 58.7 Å². The highest BCUT2D eigenvalue weighted by atomic mass is 14.0. The molecule has 0 saturated heterocycles. The predicted octanol–water partition coefficient (Wildman–Crippen LogP) is 9.04. The van der Waals surface area contributed by atoms with Crippen molar-refractivity contribution < 1.29 is 0 Å². The van der Waals surface area contributed by atoms with Crippen LogP contribution < -0.4 is 0 Å². The van der Waals surface area contributed by atoms with Crippen LogP contribution in [-0.2, 0) is 0 Å². The molecule has 0 amide bonds. The maximum Gasteiger partial charge on any atom is -0.0288 e. The van der Waals surface area contributed by atoms with E-state index >= 15 is 0 Å². The molecule has 0 aliphatic heterocycles. The zero-order valence-corrected chi connectivity index (χ0v) is 17.9. The van der Waals surface area contributed by atoms with E-state index in [-0.39, 0.29) is 0 Å². The molecule has 0 aromatic carbocycles. The largest absolute Gasteiger partial charge is 0.103 e. The molecule has 0 unspecified atom stereocenters. The third kappa shape index (κ3) is 15.9. The van der Waals surface area contributed by atoms with E-state index in [1.54, 1.807) is 0 Å². The summed E-state index contributed by atoms with van der Waals surface area (Å²) < 4.78 is 0. The summed E-state index contributed by atoms with van der Waals surface area (Å²) in [5.41, 5.74) is 6.02. The number of allylic oxidation sites excluding steroid dienone is 10. The lowest BCUT2D eigenvalue weighted by Crippen LogP contribution is -1.82. The van der Waals surface area contributed by atoms with Gasteiger partial charge in [0.15, 0.2) is 0 Å². The normalized spacial score (nSPS) is 13.8. The minimum Gasteiger partial charge on any atom is -0.103 e. The summed E-state index contributed by atoms with van der Waals surface area (Å²) in [5.74, 6) is 0. The highest BCUT2D eigenvalue weighted by Gasteiger charge is 1.93. The fourth-order valence-corrected chi connectivity index (χ4v) is 2.82. The minimum absolute atomic E-state index is 1.09. The Balaban J connectivity index is 3.98. The molecule has 146 valence electrons. The van der Waals surface area contributed by atoms with Gasteiger partial charge in [0.25, 0.3) is 0 Å². The molecule has 0 nitrogen and oxygen atoms in total. The van der Waals surface area contributed by atoms with E-state index in [2.05, 4.69) is 65.2 Å². The van der Waals surface area contributed by atoms with Gasteiger partial charge >= 0.3 is 0 Å². The first-order valence-electron chi connectivity index (χ1n) is 10.3. The second kappa shape index (κ2) is 16.9. The van der Waals surface area contributed by atoms with E-state index < -0.39 is 0 Å². The van der Waals surface area contributed by atoms with E-state index in [0.717, 1.165) is 51.4 Å². The second-order valence-electron chi connectivity index (χ2n) is 7.51. The van der Waals surface area contributed by atoms with Gasteiger partial charge in [0.05, 0.1) is 0 Å². The van der Waals surface area contributed by atoms with Crippen LogP contribution in [0.5, 0.6) is 0 Å². The lowest BCUT2D eigenvalue weighted by Gasteiger charge is -2.02. The topological polar surface area (TPSA) is 0 Å². The first-order valence-corrected chi connectivity index (χ1v) is 10.3. The highest BCUT2D eigenvalue weighted by Crippen LogP contribution is 2.13. The molecular weight excluding hydrogens is 312 g/mol. The van der Waals surface area contributed by atoms with E-state index in [0.29, 0.717) is 0 Å². The molecule has 0 atom stereocenters. The second-order valence-corrected chi connectivity index (χ2v) is 7.51. The van der Waals surface area contributed by atoms with E-state index in [9.17, 15) is 0 Å². The molecule has 0 aromatic rings. The lowest BCUT2D eigenvalue weighted by atomic mass is 10.0. The van der Waals surface area contributed by atoms with Crippen molar-refractivity contribution in [1.29, 1.82) is 0 Å². The van der Waals surface area contributed by atoms with Crippen LogP contribution >= 0.6 is 0 Å². The van der Waals surface area contributed by atoms with Crippen LogP contribution in [0.25, 0.3) is 0 Å². The van der Waals surface area contributed by atoms with Crippen LogP contribution in [0.1, 0.15) is 91.9 Å². The maximum atomic E-state index is 3.78. The van der Waals surface area contributed by atoms with Gasteiger partial charge in [-0.2, -0.15) is 0 Å². The van der Waals surface area contributed by atoms with Crippen LogP contribution in [0, 0.1) is 0 Å². The summed E-state index contributed by atoms with van der Waals surface area (Å²) in [6.45, 7) is 16.6. The Labute approximate surface area is 164 Å². The third-order valence-corrected chi connectivity index (χ3v) is 4.70. The highest BCUT2D eigenvalue weighted by molar-refractivity contribution is 5.07. The molecule has 0 aliphatic rings. The fraction of sp³-hybridized carbons (Fsp3) is 0.538. The van der Waals surface area contributed by atoms with E-state index in [4.69, 9.17) is 0 Å².